The quantitative estimate of drug-likeness (QED) is 0.408. The van der Waals surface area contributed by atoms with E-state index in [0.29, 0.717) is 24.3 Å². The van der Waals surface area contributed by atoms with E-state index >= 15 is 0 Å². The highest BCUT2D eigenvalue weighted by Crippen LogP contribution is 2.56. The fourth-order valence-corrected chi connectivity index (χ4v) is 5.28. The van der Waals surface area contributed by atoms with E-state index in [1.54, 1.807) is 0 Å². The van der Waals surface area contributed by atoms with Crippen molar-refractivity contribution in [3.05, 3.63) is 59.7 Å². The van der Waals surface area contributed by atoms with Gasteiger partial charge in [0.05, 0.1) is 11.5 Å². The SMILES string of the molecule is CS(=O)(=O)CCCS(=O)(=O)Nc1cccc(C(c2cccc(N)c2)(C(F)(F)F)C(F)(F)F)c1. The summed E-state index contributed by atoms with van der Waals surface area (Å²) in [7, 11) is -7.72. The van der Waals surface area contributed by atoms with Gasteiger partial charge in [-0.3, -0.25) is 4.72 Å². The molecule has 3 N–H and O–H groups in total. The summed E-state index contributed by atoms with van der Waals surface area (Å²) in [5, 5.41) is 0. The topological polar surface area (TPSA) is 106 Å². The van der Waals surface area contributed by atoms with E-state index in [9.17, 15) is 43.2 Å². The fraction of sp³-hybridized carbons (Fsp3) is 0.368. The minimum atomic E-state index is -5.87. The third-order valence-corrected chi connectivity index (χ3v) is 7.07. The van der Waals surface area contributed by atoms with Gasteiger partial charge in [0.25, 0.3) is 0 Å². The Morgan fingerprint density at radius 1 is 0.818 bits per heavy atom. The maximum atomic E-state index is 14.2. The minimum absolute atomic E-state index is 0.313. The number of nitrogens with one attached hydrogen (secondary N) is 1. The average Bonchev–Trinajstić information content (AvgIpc) is 2.58. The lowest BCUT2D eigenvalue weighted by molar-refractivity contribution is -0.288. The molecule has 0 saturated carbocycles. The molecule has 0 aliphatic carbocycles. The van der Waals surface area contributed by atoms with Crippen LogP contribution in [0.5, 0.6) is 0 Å². The normalized spacial score (nSPS) is 13.7. The van der Waals surface area contributed by atoms with Gasteiger partial charge in [0, 0.05) is 17.6 Å². The molecule has 6 nitrogen and oxygen atoms in total. The Balaban J connectivity index is 2.59. The van der Waals surface area contributed by atoms with Crippen LogP contribution < -0.4 is 10.5 Å². The average molecular weight is 519 g/mol. The van der Waals surface area contributed by atoms with E-state index in [1.165, 1.54) is 0 Å². The minimum Gasteiger partial charge on any atom is -0.399 e. The molecule has 0 aromatic heterocycles. The van der Waals surface area contributed by atoms with Gasteiger partial charge in [-0.2, -0.15) is 26.3 Å². The second-order valence-corrected chi connectivity index (χ2v) is 11.5. The van der Waals surface area contributed by atoms with Gasteiger partial charge in [-0.15, -0.1) is 0 Å². The number of hydrogen-bond acceptors (Lipinski definition) is 5. The molecule has 0 unspecified atom stereocenters. The molecular formula is C19H20F6N2O4S2. The smallest absolute Gasteiger partial charge is 0.399 e. The molecular weight excluding hydrogens is 498 g/mol. The number of anilines is 2. The molecule has 0 amide bonds. The Kier molecular flexibility index (Phi) is 7.34. The molecule has 0 radical (unpaired) electrons. The van der Waals surface area contributed by atoms with Crippen LogP contribution in [0.4, 0.5) is 37.7 Å². The molecule has 0 aliphatic heterocycles. The summed E-state index contributed by atoms with van der Waals surface area (Å²) in [5.74, 6) is -1.17. The first-order valence-corrected chi connectivity index (χ1v) is 12.9. The van der Waals surface area contributed by atoms with Crippen LogP contribution in [-0.2, 0) is 25.3 Å². The Morgan fingerprint density at radius 2 is 1.33 bits per heavy atom. The molecule has 14 heteroatoms. The fourth-order valence-electron chi connectivity index (χ4n) is 3.31. The van der Waals surface area contributed by atoms with Crippen molar-refractivity contribution in [3.8, 4) is 0 Å². The summed E-state index contributed by atoms with van der Waals surface area (Å²) in [6.07, 6.45) is -11.2. The molecule has 2 rings (SSSR count). The lowest BCUT2D eigenvalue weighted by Gasteiger charge is -2.38. The van der Waals surface area contributed by atoms with Gasteiger partial charge in [-0.05, 0) is 41.8 Å². The number of halogens is 6. The molecule has 33 heavy (non-hydrogen) atoms. The summed E-state index contributed by atoms with van der Waals surface area (Å²) in [6, 6.07) is 6.14. The van der Waals surface area contributed by atoms with Gasteiger partial charge < -0.3 is 5.73 Å². The van der Waals surface area contributed by atoms with Gasteiger partial charge in [-0.25, -0.2) is 16.8 Å². The molecule has 2 aromatic rings. The molecule has 0 bridgehead atoms. The van der Waals surface area contributed by atoms with Gasteiger partial charge in [0.1, 0.15) is 9.84 Å². The highest BCUT2D eigenvalue weighted by Gasteiger charge is 2.72. The summed E-state index contributed by atoms with van der Waals surface area (Å²) in [6.45, 7) is 0. The zero-order valence-electron chi connectivity index (χ0n) is 17.0. The Hall–Kier alpha value is -2.48. The van der Waals surface area contributed by atoms with Crippen molar-refractivity contribution in [3.63, 3.8) is 0 Å². The predicted molar refractivity (Wildman–Crippen MR) is 112 cm³/mol. The van der Waals surface area contributed by atoms with Crippen molar-refractivity contribution < 1.29 is 43.2 Å². The van der Waals surface area contributed by atoms with Crippen LogP contribution in [0.1, 0.15) is 17.5 Å². The van der Waals surface area contributed by atoms with Crippen LogP contribution in [0.25, 0.3) is 0 Å². The summed E-state index contributed by atoms with van der Waals surface area (Å²) >= 11 is 0. The maximum Gasteiger partial charge on any atom is 0.411 e. The number of benzene rings is 2. The van der Waals surface area contributed by atoms with Crippen LogP contribution >= 0.6 is 0 Å². The highest BCUT2D eigenvalue weighted by molar-refractivity contribution is 7.93. The zero-order valence-corrected chi connectivity index (χ0v) is 18.7. The molecule has 0 aliphatic rings. The Labute approximate surface area is 186 Å². The number of nitrogen functional groups attached to an aromatic ring is 1. The van der Waals surface area contributed by atoms with Crippen LogP contribution in [0.2, 0.25) is 0 Å². The van der Waals surface area contributed by atoms with E-state index in [-0.39, 0.29) is 12.1 Å². The lowest BCUT2D eigenvalue weighted by Crippen LogP contribution is -2.54. The van der Waals surface area contributed by atoms with Gasteiger partial charge in [-0.1, -0.05) is 24.3 Å². The first-order valence-electron chi connectivity index (χ1n) is 9.17. The predicted octanol–water partition coefficient (Wildman–Crippen LogP) is 3.86. The summed E-state index contributed by atoms with van der Waals surface area (Å²) in [5.41, 5.74) is -2.38. The van der Waals surface area contributed by atoms with E-state index in [0.717, 1.165) is 30.5 Å². The molecule has 0 fully saturated rings. The molecule has 0 spiro atoms. The number of alkyl halides is 6. The second-order valence-electron chi connectivity index (χ2n) is 7.36. The van der Waals surface area contributed by atoms with E-state index in [2.05, 4.69) is 0 Å². The Bertz CT molecular complexity index is 1200. The molecule has 0 saturated heterocycles. The Morgan fingerprint density at radius 3 is 1.82 bits per heavy atom. The second kappa shape index (κ2) is 9.05. The van der Waals surface area contributed by atoms with Crippen LogP contribution in [0.15, 0.2) is 48.5 Å². The van der Waals surface area contributed by atoms with Crippen molar-refractivity contribution in [1.29, 1.82) is 0 Å². The number of rotatable bonds is 8. The van der Waals surface area contributed by atoms with Crippen molar-refractivity contribution in [2.45, 2.75) is 24.2 Å². The van der Waals surface area contributed by atoms with Crippen molar-refractivity contribution in [1.82, 2.24) is 0 Å². The zero-order chi connectivity index (χ0) is 25.3. The van der Waals surface area contributed by atoms with Crippen molar-refractivity contribution >= 4 is 31.2 Å². The highest BCUT2D eigenvalue weighted by atomic mass is 32.2. The monoisotopic (exact) mass is 518 g/mol. The molecule has 2 aromatic carbocycles. The molecule has 0 atom stereocenters. The largest absolute Gasteiger partial charge is 0.411 e. The van der Waals surface area contributed by atoms with Gasteiger partial charge in [0.15, 0.2) is 0 Å². The number of hydrogen-bond donors (Lipinski definition) is 2. The third kappa shape index (κ3) is 6.10. The van der Waals surface area contributed by atoms with E-state index < -0.39 is 65.9 Å². The van der Waals surface area contributed by atoms with Gasteiger partial charge >= 0.3 is 12.4 Å². The lowest BCUT2D eigenvalue weighted by atomic mass is 9.72. The third-order valence-electron chi connectivity index (χ3n) is 4.67. The molecule has 0 heterocycles. The van der Waals surface area contributed by atoms with Crippen molar-refractivity contribution in [2.75, 3.05) is 28.2 Å². The van der Waals surface area contributed by atoms with Crippen LogP contribution in [0, 0.1) is 0 Å². The van der Waals surface area contributed by atoms with Crippen LogP contribution in [0.3, 0.4) is 0 Å². The van der Waals surface area contributed by atoms with Gasteiger partial charge in [0.2, 0.25) is 15.4 Å². The standard InChI is InChI=1S/C19H20F6N2O4S2/c1-32(28,29)9-4-10-33(30,31)27-16-8-3-6-14(12-16)17(18(20,21)22,19(23,24)25)13-5-2-7-15(26)11-13/h2-3,5-8,11-12,27H,4,9-10,26H2,1H3. The van der Waals surface area contributed by atoms with Crippen molar-refractivity contribution in [2.24, 2.45) is 0 Å². The maximum absolute atomic E-state index is 14.2. The first-order chi connectivity index (χ1) is 14.9. The number of nitrogens with two attached hydrogens (primary N) is 1. The van der Waals surface area contributed by atoms with E-state index in [1.807, 2.05) is 4.72 Å². The number of sulfonamides is 1. The first kappa shape index (κ1) is 26.8. The number of sulfone groups is 1. The van der Waals surface area contributed by atoms with E-state index in [4.69, 9.17) is 5.73 Å². The summed E-state index contributed by atoms with van der Waals surface area (Å²) < 4.78 is 134. The molecule has 184 valence electrons. The summed E-state index contributed by atoms with van der Waals surface area (Å²) in [4.78, 5) is 0. The van der Waals surface area contributed by atoms with Crippen LogP contribution in [-0.4, -0.2) is 46.9 Å².